The van der Waals surface area contributed by atoms with Crippen LogP contribution in [0, 0.1) is 11.8 Å². The third-order valence-electron chi connectivity index (χ3n) is 5.96. The lowest BCUT2D eigenvalue weighted by Gasteiger charge is -2.24. The molecular weight excluding hydrogens is 316 g/mol. The van der Waals surface area contributed by atoms with Gasteiger partial charge in [0.1, 0.15) is 11.9 Å². The van der Waals surface area contributed by atoms with Gasteiger partial charge in [-0.15, -0.1) is 5.10 Å². The number of anilines is 1. The summed E-state index contributed by atoms with van der Waals surface area (Å²) in [6.45, 7) is 5.48. The van der Waals surface area contributed by atoms with Crippen LogP contribution in [0.4, 0.5) is 5.82 Å². The zero-order chi connectivity index (χ0) is 17.1. The van der Waals surface area contributed by atoms with Crippen molar-refractivity contribution in [2.45, 2.75) is 64.0 Å². The van der Waals surface area contributed by atoms with Gasteiger partial charge in [0.15, 0.2) is 0 Å². The molecule has 3 atom stereocenters. The highest BCUT2D eigenvalue weighted by Gasteiger charge is 2.40. The van der Waals surface area contributed by atoms with Crippen LogP contribution in [-0.2, 0) is 6.42 Å². The van der Waals surface area contributed by atoms with Crippen LogP contribution in [-0.4, -0.2) is 38.3 Å². The Bertz CT molecular complexity index is 811. The molecule has 5 rings (SSSR count). The molecule has 25 heavy (non-hydrogen) atoms. The molecule has 1 aliphatic heterocycles. The van der Waals surface area contributed by atoms with E-state index in [1.165, 1.54) is 12.8 Å². The summed E-state index contributed by atoms with van der Waals surface area (Å²) in [5.41, 5.74) is 8.76. The van der Waals surface area contributed by atoms with Gasteiger partial charge in [0.2, 0.25) is 0 Å². The van der Waals surface area contributed by atoms with Crippen LogP contribution in [0.5, 0.6) is 6.01 Å². The fraction of sp³-hybridized carbons (Fsp3) is 0.722. The molecule has 0 spiro atoms. The molecule has 3 fully saturated rings. The molecule has 7 heteroatoms. The molecule has 3 N–H and O–H groups in total. The minimum absolute atomic E-state index is 0.268. The second-order valence-corrected chi connectivity index (χ2v) is 8.24. The minimum Gasteiger partial charge on any atom is -0.459 e. The normalized spacial score (nSPS) is 28.4. The number of nitrogen functional groups attached to an aromatic ring is 1. The van der Waals surface area contributed by atoms with Crippen molar-refractivity contribution in [2.75, 3.05) is 12.3 Å². The Kier molecular flexibility index (Phi) is 3.42. The molecule has 2 aliphatic carbocycles. The van der Waals surface area contributed by atoms with E-state index in [0.717, 1.165) is 43.0 Å². The first-order valence-electron chi connectivity index (χ1n) is 9.53. The molecule has 0 unspecified atom stereocenters. The van der Waals surface area contributed by atoms with E-state index < -0.39 is 0 Å². The molecule has 7 nitrogen and oxygen atoms in total. The molecule has 0 radical (unpaired) electrons. The zero-order valence-corrected chi connectivity index (χ0v) is 14.9. The summed E-state index contributed by atoms with van der Waals surface area (Å²) in [7, 11) is 0. The van der Waals surface area contributed by atoms with Gasteiger partial charge in [-0.3, -0.25) is 0 Å². The average molecular weight is 342 g/mol. The second-order valence-electron chi connectivity index (χ2n) is 8.24. The Morgan fingerprint density at radius 3 is 2.76 bits per heavy atom. The van der Waals surface area contributed by atoms with E-state index >= 15 is 0 Å². The van der Waals surface area contributed by atoms with E-state index in [1.807, 2.05) is 0 Å². The second kappa shape index (κ2) is 5.56. The van der Waals surface area contributed by atoms with Crippen molar-refractivity contribution in [3.63, 3.8) is 0 Å². The summed E-state index contributed by atoms with van der Waals surface area (Å²) < 4.78 is 7.40. The van der Waals surface area contributed by atoms with Crippen molar-refractivity contribution >= 4 is 11.6 Å². The number of rotatable bonds is 5. The summed E-state index contributed by atoms with van der Waals surface area (Å²) in [6, 6.07) is 1.10. The third-order valence-corrected chi connectivity index (χ3v) is 5.96. The molecule has 0 aromatic carbocycles. The van der Waals surface area contributed by atoms with E-state index in [9.17, 15) is 0 Å². The highest BCUT2D eigenvalue weighted by Crippen LogP contribution is 2.40. The molecule has 2 bridgehead atoms. The molecular formula is C18H26N6O. The van der Waals surface area contributed by atoms with E-state index in [2.05, 4.69) is 29.2 Å². The largest absolute Gasteiger partial charge is 0.459 e. The molecule has 3 aliphatic rings. The minimum atomic E-state index is 0.268. The number of fused-ring (bicyclic) bond motifs is 3. The quantitative estimate of drug-likeness (QED) is 0.863. The van der Waals surface area contributed by atoms with Crippen molar-refractivity contribution in [1.82, 2.24) is 24.9 Å². The number of hydrogen-bond acceptors (Lipinski definition) is 6. The average Bonchev–Trinajstić information content (AvgIpc) is 2.98. The van der Waals surface area contributed by atoms with E-state index in [-0.39, 0.29) is 6.10 Å². The van der Waals surface area contributed by atoms with Gasteiger partial charge in [-0.1, -0.05) is 13.8 Å². The Balaban J connectivity index is 1.52. The van der Waals surface area contributed by atoms with Gasteiger partial charge < -0.3 is 15.8 Å². The van der Waals surface area contributed by atoms with Gasteiger partial charge in [-0.2, -0.15) is 9.50 Å². The van der Waals surface area contributed by atoms with Gasteiger partial charge in [-0.05, 0) is 56.4 Å². The van der Waals surface area contributed by atoms with Gasteiger partial charge in [0.25, 0.3) is 5.78 Å². The summed E-state index contributed by atoms with van der Waals surface area (Å²) in [5, 5.41) is 8.05. The number of aromatic nitrogens is 4. The number of nitrogens with one attached hydrogen (secondary N) is 1. The van der Waals surface area contributed by atoms with Crippen molar-refractivity contribution < 1.29 is 4.74 Å². The SMILES string of the molecule is CC(C)c1nc2nc(OC3CC3)nn2c(N)c1C[C@@H]1C[C@H]2C[C@H]1CN2. The predicted molar refractivity (Wildman–Crippen MR) is 94.6 cm³/mol. The Morgan fingerprint density at radius 1 is 1.28 bits per heavy atom. The summed E-state index contributed by atoms with van der Waals surface area (Å²) in [5.74, 6) is 3.00. The Morgan fingerprint density at radius 2 is 2.12 bits per heavy atom. The molecule has 2 aromatic heterocycles. The molecule has 3 heterocycles. The van der Waals surface area contributed by atoms with Crippen molar-refractivity contribution in [3.8, 4) is 6.01 Å². The van der Waals surface area contributed by atoms with Crippen LogP contribution in [0.15, 0.2) is 0 Å². The van der Waals surface area contributed by atoms with Crippen LogP contribution in [0.2, 0.25) is 0 Å². The predicted octanol–water partition coefficient (Wildman–Crippen LogP) is 1.91. The van der Waals surface area contributed by atoms with Gasteiger partial charge in [-0.25, -0.2) is 4.98 Å². The Hall–Kier alpha value is -1.89. The smallest absolute Gasteiger partial charge is 0.338 e. The maximum atomic E-state index is 6.54. The third kappa shape index (κ3) is 2.65. The summed E-state index contributed by atoms with van der Waals surface area (Å²) in [6.07, 6.45) is 5.97. The lowest BCUT2D eigenvalue weighted by atomic mass is 9.87. The van der Waals surface area contributed by atoms with Gasteiger partial charge in [0.05, 0.1) is 5.69 Å². The zero-order valence-electron chi connectivity index (χ0n) is 14.9. The van der Waals surface area contributed by atoms with E-state index in [0.29, 0.717) is 35.5 Å². The molecule has 2 saturated carbocycles. The highest BCUT2D eigenvalue weighted by atomic mass is 16.5. The first-order chi connectivity index (χ1) is 12.1. The fourth-order valence-corrected chi connectivity index (χ4v) is 4.48. The van der Waals surface area contributed by atoms with Crippen LogP contribution in [0.25, 0.3) is 5.78 Å². The van der Waals surface area contributed by atoms with Gasteiger partial charge in [0, 0.05) is 11.6 Å². The number of piperidine rings is 1. The number of ether oxygens (including phenoxy) is 1. The molecule has 2 aromatic rings. The maximum absolute atomic E-state index is 6.54. The first kappa shape index (κ1) is 15.4. The fourth-order valence-electron chi connectivity index (χ4n) is 4.48. The molecule has 134 valence electrons. The first-order valence-corrected chi connectivity index (χ1v) is 9.53. The summed E-state index contributed by atoms with van der Waals surface area (Å²) >= 11 is 0. The highest BCUT2D eigenvalue weighted by molar-refractivity contribution is 5.51. The lowest BCUT2D eigenvalue weighted by molar-refractivity contribution is 0.279. The standard InChI is InChI=1S/C18H26N6O/c1-9(2)15-14(7-10-5-12-6-11(10)8-20-12)16(19)24-17(21-15)22-18(23-24)25-13-3-4-13/h9-13,20H,3-8,19H2,1-2H3/t10-,11-,12-/m0/s1. The lowest BCUT2D eigenvalue weighted by Crippen LogP contribution is -2.31. The molecule has 1 saturated heterocycles. The van der Waals surface area contributed by atoms with Crippen molar-refractivity contribution in [3.05, 3.63) is 11.3 Å². The van der Waals surface area contributed by atoms with Crippen LogP contribution < -0.4 is 15.8 Å². The van der Waals surface area contributed by atoms with E-state index in [1.54, 1.807) is 4.52 Å². The van der Waals surface area contributed by atoms with Gasteiger partial charge >= 0.3 is 6.01 Å². The summed E-state index contributed by atoms with van der Waals surface area (Å²) in [4.78, 5) is 9.24. The van der Waals surface area contributed by atoms with Crippen LogP contribution in [0.1, 0.15) is 56.7 Å². The Labute approximate surface area is 147 Å². The monoisotopic (exact) mass is 342 g/mol. The number of nitrogens with zero attached hydrogens (tertiary/aromatic N) is 4. The van der Waals surface area contributed by atoms with Crippen LogP contribution >= 0.6 is 0 Å². The molecule has 0 amide bonds. The van der Waals surface area contributed by atoms with Crippen molar-refractivity contribution in [2.24, 2.45) is 11.8 Å². The van der Waals surface area contributed by atoms with E-state index in [4.69, 9.17) is 15.5 Å². The van der Waals surface area contributed by atoms with Crippen molar-refractivity contribution in [1.29, 1.82) is 0 Å². The maximum Gasteiger partial charge on any atom is 0.338 e. The number of nitrogens with two attached hydrogens (primary N) is 1. The topological polar surface area (TPSA) is 90.4 Å². The van der Waals surface area contributed by atoms with Crippen LogP contribution in [0.3, 0.4) is 0 Å². The number of hydrogen-bond donors (Lipinski definition) is 2.